The Hall–Kier alpha value is -1.60. The summed E-state index contributed by atoms with van der Waals surface area (Å²) in [5.74, 6) is 0. The van der Waals surface area contributed by atoms with Gasteiger partial charge in [0.05, 0.1) is 9.60 Å². The summed E-state index contributed by atoms with van der Waals surface area (Å²) >= 11 is 3.67. The van der Waals surface area contributed by atoms with Crippen molar-refractivity contribution in [2.24, 2.45) is 5.41 Å². The molecule has 1 aliphatic rings. The standard InChI is InChI=1S/C25H27Br/c1-23(2)20-14-19(18-13-9-11-16-10-7-8-12-17(16)18)22(26)15-21(20)24(3,4)25(23,5)6/h7-15H,1-6H3/i7D,8D,9D,10D,11D,12D,13D. The molecule has 0 saturated heterocycles. The maximum absolute atomic E-state index is 8.71. The highest BCUT2D eigenvalue weighted by Crippen LogP contribution is 2.62. The van der Waals surface area contributed by atoms with Crippen LogP contribution in [0.2, 0.25) is 0 Å². The molecule has 1 heteroatoms. The Bertz CT molecular complexity index is 1360. The number of benzene rings is 3. The van der Waals surface area contributed by atoms with Gasteiger partial charge in [0.15, 0.2) is 0 Å². The second-order valence-electron chi connectivity index (χ2n) is 8.75. The molecule has 1 aliphatic carbocycles. The van der Waals surface area contributed by atoms with Crippen molar-refractivity contribution in [1.29, 1.82) is 0 Å². The molecule has 0 heterocycles. The fraction of sp³-hybridized carbons (Fsp3) is 0.360. The Balaban J connectivity index is 2.22. The van der Waals surface area contributed by atoms with Crippen molar-refractivity contribution in [3.8, 4) is 11.1 Å². The van der Waals surface area contributed by atoms with E-state index in [-0.39, 0.29) is 62.8 Å². The van der Waals surface area contributed by atoms with Crippen LogP contribution in [-0.4, -0.2) is 0 Å². The molecule has 3 aromatic rings. The van der Waals surface area contributed by atoms with E-state index in [0.717, 1.165) is 5.56 Å². The molecule has 0 nitrogen and oxygen atoms in total. The van der Waals surface area contributed by atoms with E-state index >= 15 is 0 Å². The van der Waals surface area contributed by atoms with Crippen molar-refractivity contribution < 1.29 is 9.60 Å². The van der Waals surface area contributed by atoms with Gasteiger partial charge in [0.25, 0.3) is 0 Å². The highest BCUT2D eigenvalue weighted by atomic mass is 79.9. The summed E-state index contributed by atoms with van der Waals surface area (Å²) in [5.41, 5.74) is 2.74. The van der Waals surface area contributed by atoms with Crippen molar-refractivity contribution in [2.45, 2.75) is 52.4 Å². The quantitative estimate of drug-likeness (QED) is 0.380. The lowest BCUT2D eigenvalue weighted by Gasteiger charge is -2.44. The Kier molecular flexibility index (Phi) is 2.37. The molecule has 0 amide bonds. The summed E-state index contributed by atoms with van der Waals surface area (Å²) in [5, 5.41) is 0.0892. The zero-order valence-corrected chi connectivity index (χ0v) is 17.6. The fourth-order valence-electron chi connectivity index (χ4n) is 4.27. The predicted molar refractivity (Wildman–Crippen MR) is 117 cm³/mol. The zero-order valence-electron chi connectivity index (χ0n) is 23.0. The van der Waals surface area contributed by atoms with Gasteiger partial charge < -0.3 is 0 Å². The molecule has 3 aromatic carbocycles. The van der Waals surface area contributed by atoms with Crippen LogP contribution in [0.1, 0.15) is 62.3 Å². The van der Waals surface area contributed by atoms with Crippen LogP contribution in [0.5, 0.6) is 0 Å². The van der Waals surface area contributed by atoms with E-state index in [4.69, 9.17) is 9.60 Å². The second kappa shape index (κ2) is 5.45. The summed E-state index contributed by atoms with van der Waals surface area (Å²) in [7, 11) is 0. The first kappa shape index (κ1) is 11.3. The average Bonchev–Trinajstić information content (AvgIpc) is 2.83. The number of hydrogen-bond donors (Lipinski definition) is 0. The van der Waals surface area contributed by atoms with Crippen LogP contribution >= 0.6 is 15.9 Å². The van der Waals surface area contributed by atoms with Crippen LogP contribution in [0.15, 0.2) is 58.9 Å². The molecular weight excluding hydrogens is 380 g/mol. The lowest BCUT2D eigenvalue weighted by Crippen LogP contribution is -2.42. The first-order valence-electron chi connectivity index (χ1n) is 12.3. The Morgan fingerprint density at radius 2 is 1.31 bits per heavy atom. The third kappa shape index (κ3) is 2.13. The van der Waals surface area contributed by atoms with Gasteiger partial charge in [-0.3, -0.25) is 0 Å². The van der Waals surface area contributed by atoms with Gasteiger partial charge in [-0.1, -0.05) is 99.8 Å². The molecule has 0 saturated carbocycles. The van der Waals surface area contributed by atoms with E-state index in [9.17, 15) is 0 Å². The van der Waals surface area contributed by atoms with E-state index in [1.165, 1.54) is 5.56 Å². The largest absolute Gasteiger partial charge is 0.0629 e. The maximum Gasteiger partial charge on any atom is 0.0629 e. The van der Waals surface area contributed by atoms with Crippen molar-refractivity contribution in [3.05, 3.63) is 70.0 Å². The number of fused-ring (bicyclic) bond motifs is 2. The summed E-state index contributed by atoms with van der Waals surface area (Å²) < 4.78 is 59.4. The molecule has 0 radical (unpaired) electrons. The molecule has 0 atom stereocenters. The molecule has 0 spiro atoms. The molecule has 0 unspecified atom stereocenters. The first-order chi connectivity index (χ1) is 15.0. The van der Waals surface area contributed by atoms with E-state index in [2.05, 4.69) is 63.5 Å². The van der Waals surface area contributed by atoms with Crippen LogP contribution in [0, 0.1) is 5.41 Å². The van der Waals surface area contributed by atoms with Gasteiger partial charge in [-0.25, -0.2) is 0 Å². The third-order valence-electron chi connectivity index (χ3n) is 7.16. The van der Waals surface area contributed by atoms with Crippen LogP contribution in [0.4, 0.5) is 0 Å². The Morgan fingerprint density at radius 1 is 0.731 bits per heavy atom. The van der Waals surface area contributed by atoms with Crippen molar-refractivity contribution >= 4 is 26.7 Å². The van der Waals surface area contributed by atoms with E-state index in [1.54, 1.807) is 0 Å². The van der Waals surface area contributed by atoms with Crippen molar-refractivity contribution in [3.63, 3.8) is 0 Å². The topological polar surface area (TPSA) is 0 Å². The summed E-state index contributed by atoms with van der Waals surface area (Å²) in [6.45, 7) is 13.4. The second-order valence-corrected chi connectivity index (χ2v) is 9.61. The van der Waals surface area contributed by atoms with Gasteiger partial charge in [0.1, 0.15) is 0 Å². The molecule has 0 fully saturated rings. The molecular formula is C25H27Br. The first-order valence-corrected chi connectivity index (χ1v) is 9.64. The minimum atomic E-state index is -0.443. The molecule has 0 aromatic heterocycles. The van der Waals surface area contributed by atoms with E-state index in [0.29, 0.717) is 10.0 Å². The van der Waals surface area contributed by atoms with Crippen LogP contribution in [0.3, 0.4) is 0 Å². The number of halogens is 1. The smallest absolute Gasteiger partial charge is 0.0616 e. The predicted octanol–water partition coefficient (Wildman–Crippen LogP) is 7.86. The van der Waals surface area contributed by atoms with E-state index < -0.39 is 12.1 Å². The Morgan fingerprint density at radius 3 is 2.00 bits per heavy atom. The lowest BCUT2D eigenvalue weighted by atomic mass is 9.59. The summed E-state index contributed by atoms with van der Waals surface area (Å²) in [6.07, 6.45) is 0. The maximum atomic E-state index is 8.71. The highest BCUT2D eigenvalue weighted by molar-refractivity contribution is 9.10. The van der Waals surface area contributed by atoms with Gasteiger partial charge in [-0.15, -0.1) is 0 Å². The molecule has 134 valence electrons. The monoisotopic (exact) mass is 413 g/mol. The van der Waals surface area contributed by atoms with Crippen LogP contribution in [0.25, 0.3) is 21.9 Å². The molecule has 0 N–H and O–H groups in total. The fourth-order valence-corrected chi connectivity index (χ4v) is 4.81. The number of rotatable bonds is 1. The van der Waals surface area contributed by atoms with Gasteiger partial charge in [-0.05, 0) is 61.4 Å². The molecule has 4 rings (SSSR count). The average molecular weight is 414 g/mol. The van der Waals surface area contributed by atoms with Crippen LogP contribution < -0.4 is 0 Å². The third-order valence-corrected chi connectivity index (χ3v) is 7.82. The molecule has 0 bridgehead atoms. The van der Waals surface area contributed by atoms with Crippen molar-refractivity contribution in [1.82, 2.24) is 0 Å². The molecule has 26 heavy (non-hydrogen) atoms. The summed E-state index contributed by atoms with van der Waals surface area (Å²) in [4.78, 5) is 0. The minimum absolute atomic E-state index is 0.0238. The number of hydrogen-bond acceptors (Lipinski definition) is 0. The van der Waals surface area contributed by atoms with Crippen LogP contribution in [-0.2, 0) is 10.8 Å². The Labute approximate surface area is 175 Å². The van der Waals surface area contributed by atoms with Gasteiger partial charge >= 0.3 is 0 Å². The zero-order chi connectivity index (χ0) is 25.0. The summed E-state index contributed by atoms with van der Waals surface area (Å²) in [6, 6.07) is 1.63. The van der Waals surface area contributed by atoms with Crippen molar-refractivity contribution in [2.75, 3.05) is 0 Å². The normalized spacial score (nSPS) is 23.3. The molecule has 0 aliphatic heterocycles. The lowest BCUT2D eigenvalue weighted by molar-refractivity contribution is 0.125. The van der Waals surface area contributed by atoms with Gasteiger partial charge in [0, 0.05) is 4.47 Å². The SMILES string of the molecule is [2H]c1c([2H])c([2H])c2c(-c3cc4c(cc3Br)C(C)(C)C(C)(C)C4(C)C)c([2H])c([2H])c([2H])c2c1[2H]. The highest BCUT2D eigenvalue weighted by Gasteiger charge is 2.56. The van der Waals surface area contributed by atoms with Gasteiger partial charge in [-0.2, -0.15) is 0 Å². The van der Waals surface area contributed by atoms with Gasteiger partial charge in [0.2, 0.25) is 0 Å². The van der Waals surface area contributed by atoms with E-state index in [1.807, 2.05) is 6.07 Å². The minimum Gasteiger partial charge on any atom is -0.0616 e.